The molecule has 0 saturated carbocycles. The number of aliphatic hydroxyl groups excluding tert-OH is 1. The van der Waals surface area contributed by atoms with Crippen molar-refractivity contribution in [1.29, 1.82) is 0 Å². The number of nitrogens with one attached hydrogen (secondary N) is 1. The Hall–Kier alpha value is -3.51. The molecule has 0 aliphatic carbocycles. The van der Waals surface area contributed by atoms with Crippen LogP contribution in [0.2, 0.25) is 5.02 Å². The molecular formula is C36H41BrClN3O7. The highest BCUT2D eigenvalue weighted by Crippen LogP contribution is 2.60. The Morgan fingerprint density at radius 3 is 2.54 bits per heavy atom. The van der Waals surface area contributed by atoms with E-state index in [9.17, 15) is 24.3 Å². The van der Waals surface area contributed by atoms with Crippen molar-refractivity contribution in [2.24, 2.45) is 11.8 Å². The van der Waals surface area contributed by atoms with Crippen molar-refractivity contribution in [3.8, 4) is 0 Å². The zero-order valence-corrected chi connectivity index (χ0v) is 29.0. The van der Waals surface area contributed by atoms with Crippen molar-refractivity contribution >= 4 is 56.9 Å². The van der Waals surface area contributed by atoms with Gasteiger partial charge in [0.25, 0.3) is 5.91 Å². The summed E-state index contributed by atoms with van der Waals surface area (Å²) in [5.41, 5.74) is -0.0433. The number of nitrogens with zero attached hydrogens (tertiary/aromatic N) is 2. The van der Waals surface area contributed by atoms with Crippen molar-refractivity contribution in [2.75, 3.05) is 31.1 Å². The van der Waals surface area contributed by atoms with Gasteiger partial charge in [-0.25, -0.2) is 0 Å². The second kappa shape index (κ2) is 15.8. The first kappa shape index (κ1) is 35.8. The number of carbonyl (C=O) groups excluding carboxylic acids is 4. The van der Waals surface area contributed by atoms with E-state index in [1.165, 1.54) is 4.90 Å². The summed E-state index contributed by atoms with van der Waals surface area (Å²) in [6.45, 7) is 7.83. The number of aliphatic hydroxyl groups is 1. The van der Waals surface area contributed by atoms with Crippen LogP contribution in [0.25, 0.3) is 0 Å². The summed E-state index contributed by atoms with van der Waals surface area (Å²) in [5, 5.41) is 12.9. The lowest BCUT2D eigenvalue weighted by Gasteiger charge is -2.37. The normalized spacial score (nSPS) is 26.1. The number of anilines is 1. The molecule has 3 fully saturated rings. The quantitative estimate of drug-likeness (QED) is 0.110. The number of fused-ring (bicyclic) bond motifs is 1. The SMILES string of the molecule is C=CCCC(=O)NC[C@@H](OC(=O)[C@@H]1[C@H]2O[C@@]3(CC2Br)[C@H](C(=O)N(CC=C)c2ccc(Cl)cc2)N(CCCCO)C(=O)[C@@H]13)c1ccccc1. The average Bonchev–Trinajstić information content (AvgIpc) is 3.68. The molecule has 1 unspecified atom stereocenters. The first-order chi connectivity index (χ1) is 23.2. The molecule has 1 spiro atoms. The largest absolute Gasteiger partial charge is 0.455 e. The highest BCUT2D eigenvalue weighted by molar-refractivity contribution is 9.09. The Labute approximate surface area is 294 Å². The molecule has 3 heterocycles. The molecule has 10 nitrogen and oxygen atoms in total. The van der Waals surface area contributed by atoms with Gasteiger partial charge in [0.15, 0.2) is 0 Å². The van der Waals surface area contributed by atoms with Crippen LogP contribution in [0.5, 0.6) is 0 Å². The monoisotopic (exact) mass is 741 g/mol. The molecule has 256 valence electrons. The molecule has 3 saturated heterocycles. The minimum absolute atomic E-state index is 0.0392. The number of hydrogen-bond donors (Lipinski definition) is 2. The van der Waals surface area contributed by atoms with Crippen molar-refractivity contribution in [3.05, 3.63) is 90.5 Å². The van der Waals surface area contributed by atoms with Gasteiger partial charge in [0.05, 0.1) is 24.5 Å². The van der Waals surface area contributed by atoms with Crippen LogP contribution >= 0.6 is 27.5 Å². The number of likely N-dealkylation sites (tertiary alicyclic amines) is 1. The minimum atomic E-state index is -1.30. The summed E-state index contributed by atoms with van der Waals surface area (Å²) in [6, 6.07) is 14.9. The number of amides is 3. The molecule has 2 aromatic rings. The Balaban J connectivity index is 1.47. The van der Waals surface area contributed by atoms with E-state index >= 15 is 0 Å². The van der Waals surface area contributed by atoms with Crippen LogP contribution in [0, 0.1) is 11.8 Å². The summed E-state index contributed by atoms with van der Waals surface area (Å²) in [6.07, 6.45) is 3.70. The van der Waals surface area contributed by atoms with Gasteiger partial charge in [0.2, 0.25) is 11.8 Å². The Kier molecular flexibility index (Phi) is 11.8. The molecule has 3 amide bonds. The Bertz CT molecular complexity index is 1510. The zero-order valence-electron chi connectivity index (χ0n) is 26.6. The number of alkyl halides is 1. The number of carbonyl (C=O) groups is 4. The third-order valence-corrected chi connectivity index (χ3v) is 10.4. The van der Waals surface area contributed by atoms with Crippen LogP contribution in [0.4, 0.5) is 5.69 Å². The zero-order chi connectivity index (χ0) is 34.4. The van der Waals surface area contributed by atoms with E-state index in [4.69, 9.17) is 21.1 Å². The van der Waals surface area contributed by atoms with Crippen LogP contribution < -0.4 is 10.2 Å². The van der Waals surface area contributed by atoms with Gasteiger partial charge in [-0.3, -0.25) is 19.2 Å². The fourth-order valence-corrected chi connectivity index (χ4v) is 8.24. The lowest BCUT2D eigenvalue weighted by atomic mass is 9.70. The molecule has 0 aromatic heterocycles. The highest BCUT2D eigenvalue weighted by Gasteiger charge is 2.77. The molecule has 2 aromatic carbocycles. The predicted octanol–water partition coefficient (Wildman–Crippen LogP) is 4.75. The average molecular weight is 743 g/mol. The molecular weight excluding hydrogens is 702 g/mol. The standard InChI is InChI=1S/C36H41BrClN3O7/c1-3-5-13-28(43)39-22-27(23-11-7-6-8-12-23)47-35(46)29-30-33(44)41(19-9-10-20-42)32(36(30)21-26(37)31(29)48-36)34(45)40(18-4-2)25-16-14-24(38)15-17-25/h3-4,6-8,11-12,14-17,26-27,29-32,42H,1-2,5,9-10,13,18-22H2,(H,39,43)/t26?,27-,29+,30-,31+,32+,36-/m1/s1. The maximum Gasteiger partial charge on any atom is 0.313 e. The smallest absolute Gasteiger partial charge is 0.313 e. The number of rotatable bonds is 16. The van der Waals surface area contributed by atoms with Crippen LogP contribution in [0.3, 0.4) is 0 Å². The van der Waals surface area contributed by atoms with Crippen LogP contribution in [0.15, 0.2) is 79.9 Å². The second-order valence-electron chi connectivity index (χ2n) is 12.3. The first-order valence-electron chi connectivity index (χ1n) is 16.2. The van der Waals surface area contributed by atoms with Gasteiger partial charge in [-0.1, -0.05) is 70.0 Å². The maximum absolute atomic E-state index is 14.6. The van der Waals surface area contributed by atoms with E-state index in [1.54, 1.807) is 41.3 Å². The Morgan fingerprint density at radius 2 is 1.88 bits per heavy atom. The lowest BCUT2D eigenvalue weighted by Crippen LogP contribution is -2.57. The van der Waals surface area contributed by atoms with Gasteiger partial charge in [-0.15, -0.1) is 13.2 Å². The second-order valence-corrected chi connectivity index (χ2v) is 13.9. The molecule has 12 heteroatoms. The van der Waals surface area contributed by atoms with Crippen LogP contribution in [-0.2, 0) is 28.7 Å². The van der Waals surface area contributed by atoms with Gasteiger partial charge >= 0.3 is 5.97 Å². The van der Waals surface area contributed by atoms with E-state index in [2.05, 4.69) is 34.4 Å². The van der Waals surface area contributed by atoms with Gasteiger partial charge < -0.3 is 29.7 Å². The molecule has 2 bridgehead atoms. The van der Waals surface area contributed by atoms with E-state index in [-0.39, 0.29) is 55.2 Å². The highest BCUT2D eigenvalue weighted by atomic mass is 79.9. The number of esters is 1. The molecule has 7 atom stereocenters. The molecule has 2 N–H and O–H groups in total. The van der Waals surface area contributed by atoms with Gasteiger partial charge in [-0.2, -0.15) is 0 Å². The number of ether oxygens (including phenoxy) is 2. The number of unbranched alkanes of at least 4 members (excludes halogenated alkanes) is 1. The molecule has 3 aliphatic rings. The summed E-state index contributed by atoms with van der Waals surface area (Å²) in [7, 11) is 0. The fourth-order valence-electron chi connectivity index (χ4n) is 7.18. The Morgan fingerprint density at radius 1 is 1.15 bits per heavy atom. The van der Waals surface area contributed by atoms with Gasteiger partial charge in [0, 0.05) is 41.7 Å². The first-order valence-corrected chi connectivity index (χ1v) is 17.5. The minimum Gasteiger partial charge on any atom is -0.455 e. The summed E-state index contributed by atoms with van der Waals surface area (Å²) in [4.78, 5) is 58.5. The molecule has 0 radical (unpaired) electrons. The topological polar surface area (TPSA) is 125 Å². The molecule has 5 rings (SSSR count). The van der Waals surface area contributed by atoms with Crippen molar-refractivity contribution in [3.63, 3.8) is 0 Å². The predicted molar refractivity (Wildman–Crippen MR) is 185 cm³/mol. The van der Waals surface area contributed by atoms with Crippen LogP contribution in [0.1, 0.15) is 43.8 Å². The number of benzene rings is 2. The number of halogens is 2. The lowest BCUT2D eigenvalue weighted by molar-refractivity contribution is -0.160. The fraction of sp³-hybridized carbons (Fsp3) is 0.444. The van der Waals surface area contributed by atoms with Crippen molar-refractivity contribution < 1.29 is 33.8 Å². The van der Waals surface area contributed by atoms with E-state index in [0.717, 1.165) is 0 Å². The number of allylic oxidation sites excluding steroid dienone is 1. The molecule has 3 aliphatic heterocycles. The van der Waals surface area contributed by atoms with Gasteiger partial charge in [-0.05, 0) is 55.5 Å². The molecule has 48 heavy (non-hydrogen) atoms. The summed E-state index contributed by atoms with van der Waals surface area (Å²) in [5.74, 6) is -3.54. The third-order valence-electron chi connectivity index (χ3n) is 9.31. The van der Waals surface area contributed by atoms with E-state index < -0.39 is 41.7 Å². The van der Waals surface area contributed by atoms with E-state index in [0.29, 0.717) is 42.0 Å². The number of hydrogen-bond acceptors (Lipinski definition) is 7. The maximum atomic E-state index is 14.6. The third kappa shape index (κ3) is 7.10. The van der Waals surface area contributed by atoms with Crippen molar-refractivity contribution in [1.82, 2.24) is 10.2 Å². The van der Waals surface area contributed by atoms with Crippen LogP contribution in [-0.4, -0.2) is 82.5 Å². The van der Waals surface area contributed by atoms with Crippen molar-refractivity contribution in [2.45, 2.75) is 60.8 Å². The van der Waals surface area contributed by atoms with E-state index in [1.807, 2.05) is 30.3 Å². The summed E-state index contributed by atoms with van der Waals surface area (Å²) >= 11 is 9.84. The summed E-state index contributed by atoms with van der Waals surface area (Å²) < 4.78 is 12.8. The van der Waals surface area contributed by atoms with Gasteiger partial charge in [0.1, 0.15) is 17.7 Å².